The summed E-state index contributed by atoms with van der Waals surface area (Å²) >= 11 is 0. The van der Waals surface area contributed by atoms with E-state index in [2.05, 4.69) is 66.5 Å². The molecule has 0 bridgehead atoms. The van der Waals surface area contributed by atoms with Gasteiger partial charge in [-0.25, -0.2) is 0 Å². The van der Waals surface area contributed by atoms with Gasteiger partial charge in [-0.15, -0.1) is 0 Å². The zero-order valence-electron chi connectivity index (χ0n) is 15.9. The molecule has 1 N–H and O–H groups in total. The number of benzene rings is 2. The molecule has 2 aromatic carbocycles. The fourth-order valence-electron chi connectivity index (χ4n) is 3.76. The zero-order chi connectivity index (χ0) is 18.4. The zero-order valence-corrected chi connectivity index (χ0v) is 15.9. The highest BCUT2D eigenvalue weighted by Crippen LogP contribution is 2.24. The van der Waals surface area contributed by atoms with E-state index >= 15 is 0 Å². The second-order valence-corrected chi connectivity index (χ2v) is 7.68. The van der Waals surface area contributed by atoms with Crippen molar-refractivity contribution < 1.29 is 4.79 Å². The Morgan fingerprint density at radius 2 is 1.58 bits per heavy atom. The predicted octanol–water partition coefficient (Wildman–Crippen LogP) is 4.41. The van der Waals surface area contributed by atoms with Crippen LogP contribution in [-0.2, 0) is 11.3 Å². The Morgan fingerprint density at radius 1 is 1.00 bits per heavy atom. The molecule has 0 aliphatic carbocycles. The van der Waals surface area contributed by atoms with E-state index < -0.39 is 0 Å². The maximum Gasteiger partial charge on any atom is 0.223 e. The molecule has 0 aromatic heterocycles. The summed E-state index contributed by atoms with van der Waals surface area (Å²) in [5.41, 5.74) is 2.54. The van der Waals surface area contributed by atoms with Crippen LogP contribution in [0, 0.1) is 11.8 Å². The van der Waals surface area contributed by atoms with Gasteiger partial charge in [0.15, 0.2) is 0 Å². The van der Waals surface area contributed by atoms with Crippen molar-refractivity contribution in [2.24, 2.45) is 11.8 Å². The summed E-state index contributed by atoms with van der Waals surface area (Å²) in [7, 11) is 0. The Kier molecular flexibility index (Phi) is 6.45. The van der Waals surface area contributed by atoms with Gasteiger partial charge in [0.25, 0.3) is 0 Å². The van der Waals surface area contributed by atoms with E-state index in [1.807, 2.05) is 18.2 Å². The van der Waals surface area contributed by atoms with Gasteiger partial charge in [-0.2, -0.15) is 0 Å². The third-order valence-electron chi connectivity index (χ3n) is 5.33. The number of rotatable bonds is 6. The first-order valence-corrected chi connectivity index (χ1v) is 9.75. The Labute approximate surface area is 157 Å². The first-order valence-electron chi connectivity index (χ1n) is 9.75. The number of likely N-dealkylation sites (tertiary alicyclic amines) is 1. The molecule has 0 saturated carbocycles. The summed E-state index contributed by atoms with van der Waals surface area (Å²) in [5.74, 6) is 0.721. The summed E-state index contributed by atoms with van der Waals surface area (Å²) in [5, 5.41) is 3.31. The summed E-state index contributed by atoms with van der Waals surface area (Å²) in [6, 6.07) is 21.0. The highest BCUT2D eigenvalue weighted by atomic mass is 16.1. The normalized spacial score (nSPS) is 17.2. The van der Waals surface area contributed by atoms with E-state index in [0.29, 0.717) is 5.92 Å². The molecule has 1 amide bonds. The van der Waals surface area contributed by atoms with E-state index in [4.69, 9.17) is 0 Å². The molecule has 1 fully saturated rings. The second kappa shape index (κ2) is 9.00. The van der Waals surface area contributed by atoms with Crippen LogP contribution >= 0.6 is 0 Å². The van der Waals surface area contributed by atoms with E-state index in [1.54, 1.807) is 0 Å². The maximum absolute atomic E-state index is 12.8. The molecule has 3 nitrogen and oxygen atoms in total. The maximum atomic E-state index is 12.8. The van der Waals surface area contributed by atoms with Gasteiger partial charge in [-0.05, 0) is 43.0 Å². The molecule has 0 unspecified atom stereocenters. The molecule has 3 heteroatoms. The van der Waals surface area contributed by atoms with Crippen molar-refractivity contribution in [2.75, 3.05) is 13.1 Å². The fraction of sp³-hybridized carbons (Fsp3) is 0.435. The van der Waals surface area contributed by atoms with Crippen LogP contribution in [0.15, 0.2) is 60.7 Å². The van der Waals surface area contributed by atoms with E-state index in [1.165, 1.54) is 11.1 Å². The first-order chi connectivity index (χ1) is 12.6. The molecule has 3 rings (SSSR count). The van der Waals surface area contributed by atoms with Gasteiger partial charge >= 0.3 is 0 Å². The predicted molar refractivity (Wildman–Crippen MR) is 107 cm³/mol. The molecular weight excluding hydrogens is 320 g/mol. The Morgan fingerprint density at radius 3 is 2.15 bits per heavy atom. The van der Waals surface area contributed by atoms with E-state index in [9.17, 15) is 4.79 Å². The first kappa shape index (κ1) is 18.7. The molecule has 0 spiro atoms. The molecule has 1 heterocycles. The third-order valence-corrected chi connectivity index (χ3v) is 5.33. The summed E-state index contributed by atoms with van der Waals surface area (Å²) in [6.07, 6.45) is 1.89. The minimum Gasteiger partial charge on any atom is -0.349 e. The standard InChI is InChI=1S/C23H30N2O/c1-18(2)22(20-11-7-4-8-12-20)24-23(26)21-13-15-25(16-14-21)17-19-9-5-3-6-10-19/h3-12,18,21-22H,13-17H2,1-2H3,(H,24,26)/t22-/m0/s1. The minimum absolute atomic E-state index is 0.0889. The number of carbonyl (C=O) groups excluding carboxylic acids is 1. The van der Waals surface area contributed by atoms with Crippen LogP contribution in [0.3, 0.4) is 0 Å². The van der Waals surface area contributed by atoms with Crippen molar-refractivity contribution >= 4 is 5.91 Å². The lowest BCUT2D eigenvalue weighted by Gasteiger charge is -2.33. The molecule has 1 saturated heterocycles. The monoisotopic (exact) mass is 350 g/mol. The molecule has 1 aliphatic heterocycles. The largest absolute Gasteiger partial charge is 0.349 e. The van der Waals surface area contributed by atoms with Gasteiger partial charge in [-0.1, -0.05) is 74.5 Å². The number of piperidine rings is 1. The average Bonchev–Trinajstić information content (AvgIpc) is 2.68. The van der Waals surface area contributed by atoms with Gasteiger partial charge in [0.1, 0.15) is 0 Å². The molecule has 1 aliphatic rings. The summed E-state index contributed by atoms with van der Waals surface area (Å²) in [6.45, 7) is 7.30. The van der Waals surface area contributed by atoms with Crippen LogP contribution in [0.4, 0.5) is 0 Å². The Hall–Kier alpha value is -2.13. The average molecular weight is 351 g/mol. The van der Waals surface area contributed by atoms with Crippen LogP contribution < -0.4 is 5.32 Å². The topological polar surface area (TPSA) is 32.3 Å². The molecule has 138 valence electrons. The van der Waals surface area contributed by atoms with Crippen LogP contribution in [0.5, 0.6) is 0 Å². The van der Waals surface area contributed by atoms with Crippen molar-refractivity contribution in [3.8, 4) is 0 Å². The van der Waals surface area contributed by atoms with Crippen LogP contribution in [0.25, 0.3) is 0 Å². The summed E-state index contributed by atoms with van der Waals surface area (Å²) < 4.78 is 0. The summed E-state index contributed by atoms with van der Waals surface area (Å²) in [4.78, 5) is 15.3. The van der Waals surface area contributed by atoms with Crippen molar-refractivity contribution in [3.63, 3.8) is 0 Å². The van der Waals surface area contributed by atoms with Gasteiger partial charge in [0, 0.05) is 12.5 Å². The number of hydrogen-bond acceptors (Lipinski definition) is 2. The lowest BCUT2D eigenvalue weighted by molar-refractivity contribution is -0.127. The van der Waals surface area contributed by atoms with E-state index in [0.717, 1.165) is 32.5 Å². The van der Waals surface area contributed by atoms with Gasteiger partial charge < -0.3 is 5.32 Å². The number of carbonyl (C=O) groups is 1. The number of hydrogen-bond donors (Lipinski definition) is 1. The lowest BCUT2D eigenvalue weighted by atomic mass is 9.92. The van der Waals surface area contributed by atoms with Crippen molar-refractivity contribution in [1.29, 1.82) is 0 Å². The smallest absolute Gasteiger partial charge is 0.223 e. The van der Waals surface area contributed by atoms with Gasteiger partial charge in [0.2, 0.25) is 5.91 Å². The quantitative estimate of drug-likeness (QED) is 0.837. The van der Waals surface area contributed by atoms with Gasteiger partial charge in [-0.3, -0.25) is 9.69 Å². The SMILES string of the molecule is CC(C)[C@H](NC(=O)C1CCN(Cc2ccccc2)CC1)c1ccccc1. The van der Waals surface area contributed by atoms with E-state index in [-0.39, 0.29) is 17.9 Å². The second-order valence-electron chi connectivity index (χ2n) is 7.68. The lowest BCUT2D eigenvalue weighted by Crippen LogP contribution is -2.42. The highest BCUT2D eigenvalue weighted by Gasteiger charge is 2.27. The van der Waals surface area contributed by atoms with Crippen LogP contribution in [0.1, 0.15) is 43.9 Å². The highest BCUT2D eigenvalue weighted by molar-refractivity contribution is 5.79. The van der Waals surface area contributed by atoms with Crippen molar-refractivity contribution in [3.05, 3.63) is 71.8 Å². The number of nitrogens with zero attached hydrogens (tertiary/aromatic N) is 1. The molecule has 2 aromatic rings. The Bertz CT molecular complexity index is 676. The molecule has 0 radical (unpaired) electrons. The molecule has 26 heavy (non-hydrogen) atoms. The molecule has 1 atom stereocenters. The number of amides is 1. The molecular formula is C23H30N2O. The minimum atomic E-state index is 0.0889. The van der Waals surface area contributed by atoms with Gasteiger partial charge in [0.05, 0.1) is 6.04 Å². The van der Waals surface area contributed by atoms with Crippen LogP contribution in [-0.4, -0.2) is 23.9 Å². The van der Waals surface area contributed by atoms with Crippen molar-refractivity contribution in [2.45, 2.75) is 39.3 Å². The van der Waals surface area contributed by atoms with Crippen LogP contribution in [0.2, 0.25) is 0 Å². The number of nitrogens with one attached hydrogen (secondary N) is 1. The van der Waals surface area contributed by atoms with Crippen molar-refractivity contribution in [1.82, 2.24) is 10.2 Å². The third kappa shape index (κ3) is 4.95. The Balaban J connectivity index is 1.53. The fourth-order valence-corrected chi connectivity index (χ4v) is 3.76.